The summed E-state index contributed by atoms with van der Waals surface area (Å²) in [6.07, 6.45) is -6.99. The van der Waals surface area contributed by atoms with Gasteiger partial charge in [0.2, 0.25) is 29.4 Å². The lowest BCUT2D eigenvalue weighted by molar-refractivity contribution is -0.193. The van der Waals surface area contributed by atoms with Crippen molar-refractivity contribution in [3.05, 3.63) is 114 Å². The molecule has 0 fully saturated rings. The van der Waals surface area contributed by atoms with Gasteiger partial charge in [0.05, 0.1) is 22.7 Å². The number of carboxylic acids is 4. The third-order valence-electron chi connectivity index (χ3n) is 13.9. The molecule has 7 rings (SSSR count). The molecule has 39 nitrogen and oxygen atoms in total. The highest BCUT2D eigenvalue weighted by Crippen LogP contribution is 2.22. The van der Waals surface area contributed by atoms with E-state index in [1.807, 2.05) is 19.0 Å². The second-order valence-corrected chi connectivity index (χ2v) is 23.4. The molecule has 0 aliphatic heterocycles. The number of rotatable bonds is 27. The Hall–Kier alpha value is -13.6. The first kappa shape index (κ1) is 93.7. The molecule has 0 saturated carbocycles. The largest absolute Gasteiger partial charge is 0.490 e. The number of nitrogens with one attached hydrogen (secondary N) is 10. The smallest absolute Gasteiger partial charge is 0.475 e. The molecule has 113 heavy (non-hydrogen) atoms. The Labute approximate surface area is 628 Å². The van der Waals surface area contributed by atoms with Gasteiger partial charge < -0.3 is 110 Å². The molecular formula is C62H73F12N21O18. The number of aryl methyl sites for hydroxylation is 7. The van der Waals surface area contributed by atoms with Crippen LogP contribution in [0.25, 0.3) is 0 Å². The van der Waals surface area contributed by atoms with Crippen LogP contribution >= 0.6 is 0 Å². The predicted octanol–water partition coefficient (Wildman–Crippen LogP) is 3.88. The Kier molecular flexibility index (Phi) is 34.2. The predicted molar refractivity (Wildman–Crippen MR) is 367 cm³/mol. The van der Waals surface area contributed by atoms with E-state index in [1.165, 1.54) is 76.5 Å². The van der Waals surface area contributed by atoms with Crippen molar-refractivity contribution in [1.82, 2.24) is 73.1 Å². The summed E-state index contributed by atoms with van der Waals surface area (Å²) in [5.41, 5.74) is 2.16. The average molecular weight is 1630 g/mol. The van der Waals surface area contributed by atoms with E-state index < -0.39 is 95.8 Å². The zero-order chi connectivity index (χ0) is 86.0. The molecule has 14 N–H and O–H groups in total. The van der Waals surface area contributed by atoms with E-state index in [0.717, 1.165) is 13.0 Å². The maximum absolute atomic E-state index is 13.4. The van der Waals surface area contributed by atoms with Crippen molar-refractivity contribution in [3.63, 3.8) is 0 Å². The number of imidazole rings is 3. The fraction of sp³-hybridized carbons (Fsp3) is 0.371. The lowest BCUT2D eigenvalue weighted by atomic mass is 10.3. The normalized spacial score (nSPS) is 11.1. The standard InChI is InChI=1S/C54H69N21O10.4C2HF3O2/c1-68(2)20-11-16-55-42(76)13-17-58-48(79)36-22-32(26-70(36)4)61-44(78)14-18-59-49(80)37-24-34(28-71(37)5)62-50(81)38-23-33(27-72(38)6)60-43(77)12-10-15-57-52(83)46-64-40(30-74(46)8)66-51(82)39-25-35(29-73(39)7)63-54(85)47-65-41(31-75(47)9)67-53(84)45-56-19-21-69(45)3;4*3-2(4,5)1(6)7/h19,21-31H,10-18,20H2,1-9H3,(H,55,76)(H,57,83)(H,58,79)(H,59,80)(H,60,77)(H,61,78)(H,62,81)(H,63,85)(H,66,82)(H,67,84);4*(H,6,7). The van der Waals surface area contributed by atoms with Crippen LogP contribution in [-0.2, 0) is 82.9 Å². The van der Waals surface area contributed by atoms with Gasteiger partial charge in [-0.05, 0) is 57.7 Å². The van der Waals surface area contributed by atoms with Crippen LogP contribution in [0.2, 0.25) is 0 Å². The van der Waals surface area contributed by atoms with Gasteiger partial charge in [0.15, 0.2) is 17.5 Å². The minimum absolute atomic E-state index is 0.0128. The maximum atomic E-state index is 13.4. The Balaban J connectivity index is 0.000000999. The molecule has 10 amide bonds. The number of aromatic nitrogens is 10. The van der Waals surface area contributed by atoms with E-state index in [-0.39, 0.29) is 115 Å². The molecule has 7 aromatic heterocycles. The number of hydrogen-bond donors (Lipinski definition) is 14. The number of carboxylic acid groups (broad SMARTS) is 4. The van der Waals surface area contributed by atoms with Gasteiger partial charge in [-0.2, -0.15) is 52.7 Å². The first-order valence-electron chi connectivity index (χ1n) is 31.7. The van der Waals surface area contributed by atoms with Gasteiger partial charge in [0.1, 0.15) is 22.8 Å². The monoisotopic (exact) mass is 1630 g/mol. The quantitative estimate of drug-likeness (QED) is 0.0257. The Bertz CT molecular complexity index is 4500. The molecule has 618 valence electrons. The van der Waals surface area contributed by atoms with Crippen molar-refractivity contribution in [1.29, 1.82) is 0 Å². The van der Waals surface area contributed by atoms with E-state index in [1.54, 1.807) is 78.7 Å². The van der Waals surface area contributed by atoms with E-state index in [2.05, 4.69) is 68.1 Å². The van der Waals surface area contributed by atoms with E-state index in [4.69, 9.17) is 39.6 Å². The third kappa shape index (κ3) is 31.5. The van der Waals surface area contributed by atoms with Crippen LogP contribution in [0.4, 0.5) is 87.1 Å². The minimum Gasteiger partial charge on any atom is -0.475 e. The fourth-order valence-electron chi connectivity index (χ4n) is 8.68. The van der Waals surface area contributed by atoms with E-state index in [0.29, 0.717) is 23.6 Å². The molecule has 0 bridgehead atoms. The molecule has 0 aromatic carbocycles. The second kappa shape index (κ2) is 41.3. The fourth-order valence-corrected chi connectivity index (χ4v) is 8.68. The van der Waals surface area contributed by atoms with Gasteiger partial charge in [-0.3, -0.25) is 47.9 Å². The Morgan fingerprint density at radius 2 is 0.664 bits per heavy atom. The molecule has 0 atom stereocenters. The lowest BCUT2D eigenvalue weighted by Crippen LogP contribution is -2.32. The average Bonchev–Trinajstić information content (AvgIpc) is 1.69. The molecule has 0 saturated heterocycles. The Morgan fingerprint density at radius 3 is 1.04 bits per heavy atom. The highest BCUT2D eigenvalue weighted by molar-refractivity contribution is 6.08. The molecule has 0 aliphatic rings. The molecule has 7 aromatic rings. The molecule has 0 spiro atoms. The highest BCUT2D eigenvalue weighted by Gasteiger charge is 2.40. The Morgan fingerprint density at radius 1 is 0.354 bits per heavy atom. The number of hydrogen-bond acceptors (Lipinski definition) is 18. The number of carbonyl (C=O) groups excluding carboxylic acids is 10. The SMILES string of the molecule is CN(C)CCCNC(=O)CCNC(=O)c1cc(NC(=O)CCNC(=O)c2cc(NC(=O)c3cc(NC(=O)CCCNC(=O)c4nc(NC(=O)c5cc(NC(=O)c6nc(NC(=O)c7nccn7C)cn6C)cn5C)cn4C)cn3C)cn2C)cn1C.O=C(O)C(F)(F)F.O=C(O)C(F)(F)F.O=C(O)C(F)(F)F.O=C(O)C(F)(F)F. The zero-order valence-electron chi connectivity index (χ0n) is 60.5. The van der Waals surface area contributed by atoms with Crippen LogP contribution < -0.4 is 53.2 Å². The minimum atomic E-state index is -5.08. The van der Waals surface area contributed by atoms with Crippen LogP contribution in [0.15, 0.2) is 73.8 Å². The summed E-state index contributed by atoms with van der Waals surface area (Å²) in [6.45, 7) is 1.63. The molecular weight excluding hydrogens is 1550 g/mol. The molecule has 0 unspecified atom stereocenters. The van der Waals surface area contributed by atoms with Gasteiger partial charge in [0, 0.05) is 144 Å². The van der Waals surface area contributed by atoms with Crippen LogP contribution in [-0.4, -0.2) is 227 Å². The van der Waals surface area contributed by atoms with Crippen LogP contribution in [0.1, 0.15) is 106 Å². The number of amides is 10. The summed E-state index contributed by atoms with van der Waals surface area (Å²) in [5.74, 6) is -15.3. The van der Waals surface area contributed by atoms with Crippen molar-refractivity contribution in [2.24, 2.45) is 49.3 Å². The molecule has 0 radical (unpaired) electrons. The van der Waals surface area contributed by atoms with Crippen molar-refractivity contribution in [2.45, 2.75) is 56.8 Å². The van der Waals surface area contributed by atoms with Gasteiger partial charge in [-0.25, -0.2) is 34.1 Å². The second-order valence-electron chi connectivity index (χ2n) is 23.4. The van der Waals surface area contributed by atoms with Gasteiger partial charge in [0.25, 0.3) is 41.4 Å². The molecule has 7 heterocycles. The number of alkyl halides is 12. The van der Waals surface area contributed by atoms with Crippen LogP contribution in [0.5, 0.6) is 0 Å². The summed E-state index contributed by atoms with van der Waals surface area (Å²) < 4.78 is 137. The van der Waals surface area contributed by atoms with Crippen molar-refractivity contribution in [3.8, 4) is 0 Å². The summed E-state index contributed by atoms with van der Waals surface area (Å²) in [6, 6.07) is 5.92. The van der Waals surface area contributed by atoms with Gasteiger partial charge >= 0.3 is 48.6 Å². The van der Waals surface area contributed by atoms with E-state index >= 15 is 0 Å². The number of carbonyl (C=O) groups is 14. The third-order valence-corrected chi connectivity index (χ3v) is 13.9. The number of halogens is 12. The van der Waals surface area contributed by atoms with Crippen molar-refractivity contribution < 1.29 is 140 Å². The zero-order valence-corrected chi connectivity index (χ0v) is 60.5. The lowest BCUT2D eigenvalue weighted by Gasteiger charge is -2.10. The number of nitrogens with zero attached hydrogens (tertiary/aromatic N) is 11. The van der Waals surface area contributed by atoms with Crippen LogP contribution in [0, 0.1) is 0 Å². The van der Waals surface area contributed by atoms with Gasteiger partial charge in [-0.15, -0.1) is 0 Å². The number of anilines is 6. The van der Waals surface area contributed by atoms with Crippen molar-refractivity contribution in [2.75, 3.05) is 78.7 Å². The summed E-state index contributed by atoms with van der Waals surface area (Å²) in [5, 5.41) is 55.6. The van der Waals surface area contributed by atoms with Crippen LogP contribution in [0.3, 0.4) is 0 Å². The summed E-state index contributed by atoms with van der Waals surface area (Å²) in [4.78, 5) is 179. The van der Waals surface area contributed by atoms with Crippen molar-refractivity contribution >= 4 is 117 Å². The summed E-state index contributed by atoms with van der Waals surface area (Å²) >= 11 is 0. The number of aliphatic carboxylic acids is 4. The summed E-state index contributed by atoms with van der Waals surface area (Å²) in [7, 11) is 15.2. The van der Waals surface area contributed by atoms with Gasteiger partial charge in [-0.1, -0.05) is 0 Å². The van der Waals surface area contributed by atoms with E-state index in [9.17, 15) is 101 Å². The first-order valence-corrected chi connectivity index (χ1v) is 31.7. The first-order chi connectivity index (χ1) is 52.2. The molecule has 0 aliphatic carbocycles. The molecule has 51 heteroatoms. The highest BCUT2D eigenvalue weighted by atomic mass is 19.4. The topological polar surface area (TPSA) is 517 Å². The maximum Gasteiger partial charge on any atom is 0.490 e.